The van der Waals surface area contributed by atoms with Crippen molar-refractivity contribution in [2.45, 2.75) is 24.4 Å². The maximum atomic E-state index is 13.0. The number of thioether (sulfide) groups is 1. The molecule has 29 heavy (non-hydrogen) atoms. The van der Waals surface area contributed by atoms with E-state index in [0.29, 0.717) is 37.8 Å². The summed E-state index contributed by atoms with van der Waals surface area (Å²) in [5.41, 5.74) is 0.925. The molecule has 0 bridgehead atoms. The summed E-state index contributed by atoms with van der Waals surface area (Å²) >= 11 is 1.57. The molecule has 8 heteroatoms. The minimum atomic E-state index is -0.143. The van der Waals surface area contributed by atoms with Crippen LogP contribution in [-0.4, -0.2) is 40.1 Å². The number of fused-ring (bicyclic) bond motifs is 1. The lowest BCUT2D eigenvalue weighted by atomic mass is 10.1. The third kappa shape index (κ3) is 4.27. The summed E-state index contributed by atoms with van der Waals surface area (Å²) in [7, 11) is 1.95. The first kappa shape index (κ1) is 19.4. The smallest absolute Gasteiger partial charge is 0.289 e. The van der Waals surface area contributed by atoms with Gasteiger partial charge in [-0.2, -0.15) is 0 Å². The van der Waals surface area contributed by atoms with Gasteiger partial charge in [0, 0.05) is 38.1 Å². The quantitative estimate of drug-likeness (QED) is 0.550. The Hall–Kier alpha value is -2.87. The molecule has 0 aliphatic carbocycles. The number of hydrogen-bond donors (Lipinski definition) is 0. The molecular formula is C21H23N3O4S. The van der Waals surface area contributed by atoms with Gasteiger partial charge < -0.3 is 23.4 Å². The second kappa shape index (κ2) is 8.65. The maximum absolute atomic E-state index is 13.0. The highest BCUT2D eigenvalue weighted by atomic mass is 32.2. The number of hydrogen-bond acceptors (Lipinski definition) is 6. The Morgan fingerprint density at radius 1 is 1.24 bits per heavy atom. The van der Waals surface area contributed by atoms with Gasteiger partial charge in [-0.05, 0) is 25.1 Å². The lowest BCUT2D eigenvalue weighted by Gasteiger charge is -2.25. The van der Waals surface area contributed by atoms with Crippen LogP contribution in [0.5, 0.6) is 11.5 Å². The Morgan fingerprint density at radius 3 is 2.90 bits per heavy atom. The first-order valence-corrected chi connectivity index (χ1v) is 10.5. The molecule has 0 saturated carbocycles. The molecule has 4 rings (SSSR count). The summed E-state index contributed by atoms with van der Waals surface area (Å²) in [4.78, 5) is 19.0. The van der Waals surface area contributed by atoms with E-state index in [1.54, 1.807) is 28.9 Å². The number of amides is 1. The summed E-state index contributed by atoms with van der Waals surface area (Å²) in [6.45, 7) is 3.99. The van der Waals surface area contributed by atoms with Crippen molar-refractivity contribution in [3.05, 3.63) is 59.8 Å². The number of ether oxygens (including phenoxy) is 2. The van der Waals surface area contributed by atoms with Crippen LogP contribution in [0.25, 0.3) is 0 Å². The largest absolute Gasteiger partial charge is 0.486 e. The number of furan rings is 1. The van der Waals surface area contributed by atoms with Gasteiger partial charge in [-0.25, -0.2) is 4.98 Å². The molecule has 0 atom stereocenters. The lowest BCUT2D eigenvalue weighted by Crippen LogP contribution is -2.30. The van der Waals surface area contributed by atoms with Gasteiger partial charge in [0.1, 0.15) is 19.0 Å². The van der Waals surface area contributed by atoms with Gasteiger partial charge in [-0.15, -0.1) is 0 Å². The third-order valence-corrected chi connectivity index (χ3v) is 5.75. The number of nitrogens with zero attached hydrogens (tertiary/aromatic N) is 3. The van der Waals surface area contributed by atoms with Crippen molar-refractivity contribution in [3.63, 3.8) is 0 Å². The number of carbonyl (C=O) groups excluding carboxylic acids is 1. The number of aromatic nitrogens is 2. The predicted molar refractivity (Wildman–Crippen MR) is 109 cm³/mol. The molecule has 3 aromatic rings. The zero-order chi connectivity index (χ0) is 20.2. The topological polar surface area (TPSA) is 69.7 Å². The van der Waals surface area contributed by atoms with Crippen molar-refractivity contribution < 1.29 is 18.7 Å². The molecule has 1 aromatic carbocycles. The molecule has 2 aromatic heterocycles. The van der Waals surface area contributed by atoms with Gasteiger partial charge in [0.15, 0.2) is 22.4 Å². The summed E-state index contributed by atoms with van der Waals surface area (Å²) in [6.07, 6.45) is 3.66. The molecule has 0 N–H and O–H groups in total. The Bertz CT molecular complexity index is 997. The summed E-state index contributed by atoms with van der Waals surface area (Å²) in [5.74, 6) is 2.99. The number of aryl methyl sites for hydroxylation is 1. The van der Waals surface area contributed by atoms with Crippen molar-refractivity contribution in [1.82, 2.24) is 14.5 Å². The fourth-order valence-electron chi connectivity index (χ4n) is 3.14. The fourth-order valence-corrected chi connectivity index (χ4v) is 3.97. The molecule has 0 unspecified atom stereocenters. The van der Waals surface area contributed by atoms with E-state index in [2.05, 4.69) is 4.98 Å². The minimum Gasteiger partial charge on any atom is -0.486 e. The second-order valence-corrected chi connectivity index (χ2v) is 7.58. The van der Waals surface area contributed by atoms with Crippen LogP contribution >= 0.6 is 11.8 Å². The second-order valence-electron chi connectivity index (χ2n) is 6.64. The standard InChI is InChI=1S/C21H23N3O4S/c1-3-24(13-15-5-4-6-17-19(15)27-12-11-26-17)20(25)18-8-7-16(28-18)14-29-21-22-9-10-23(21)2/h4-10H,3,11-14H2,1-2H3. The van der Waals surface area contributed by atoms with E-state index in [1.807, 2.05) is 49.0 Å². The predicted octanol–water partition coefficient (Wildman–Crippen LogP) is 3.74. The van der Waals surface area contributed by atoms with Crippen LogP contribution in [0.2, 0.25) is 0 Å². The Labute approximate surface area is 173 Å². The molecular weight excluding hydrogens is 390 g/mol. The van der Waals surface area contributed by atoms with Crippen molar-refractivity contribution >= 4 is 17.7 Å². The van der Waals surface area contributed by atoms with Crippen molar-refractivity contribution in [1.29, 1.82) is 0 Å². The van der Waals surface area contributed by atoms with E-state index in [4.69, 9.17) is 13.9 Å². The number of para-hydroxylation sites is 1. The van der Waals surface area contributed by atoms with Gasteiger partial charge in [0.2, 0.25) is 0 Å². The number of imidazole rings is 1. The van der Waals surface area contributed by atoms with Crippen LogP contribution < -0.4 is 9.47 Å². The molecule has 0 saturated heterocycles. The Kier molecular flexibility index (Phi) is 5.80. The Balaban J connectivity index is 1.44. The summed E-state index contributed by atoms with van der Waals surface area (Å²) in [6, 6.07) is 9.34. The molecule has 0 radical (unpaired) electrons. The summed E-state index contributed by atoms with van der Waals surface area (Å²) < 4.78 is 19.2. The third-order valence-electron chi connectivity index (χ3n) is 4.67. The van der Waals surface area contributed by atoms with E-state index in [1.165, 1.54) is 0 Å². The van der Waals surface area contributed by atoms with E-state index in [9.17, 15) is 4.79 Å². The molecule has 152 valence electrons. The molecule has 1 aliphatic heterocycles. The van der Waals surface area contributed by atoms with Crippen LogP contribution in [0.15, 0.2) is 52.3 Å². The van der Waals surface area contributed by atoms with Crippen LogP contribution in [0, 0.1) is 0 Å². The number of carbonyl (C=O) groups is 1. The first-order chi connectivity index (χ1) is 14.2. The normalized spacial score (nSPS) is 12.8. The molecule has 3 heterocycles. The van der Waals surface area contributed by atoms with E-state index < -0.39 is 0 Å². The van der Waals surface area contributed by atoms with Gasteiger partial charge in [0.25, 0.3) is 5.91 Å². The zero-order valence-electron chi connectivity index (χ0n) is 16.5. The van der Waals surface area contributed by atoms with Crippen molar-refractivity contribution in [3.8, 4) is 11.5 Å². The van der Waals surface area contributed by atoms with Gasteiger partial charge >= 0.3 is 0 Å². The highest BCUT2D eigenvalue weighted by Gasteiger charge is 2.22. The van der Waals surface area contributed by atoms with Crippen molar-refractivity contribution in [2.24, 2.45) is 7.05 Å². The average Bonchev–Trinajstić information content (AvgIpc) is 3.39. The zero-order valence-corrected chi connectivity index (χ0v) is 17.3. The SMILES string of the molecule is CCN(Cc1cccc2c1OCCO2)C(=O)c1ccc(CSc2nccn2C)o1. The molecule has 1 aliphatic rings. The molecule has 7 nitrogen and oxygen atoms in total. The first-order valence-electron chi connectivity index (χ1n) is 9.51. The monoisotopic (exact) mass is 413 g/mol. The molecule has 0 spiro atoms. The highest BCUT2D eigenvalue weighted by Crippen LogP contribution is 2.34. The van der Waals surface area contributed by atoms with Crippen molar-refractivity contribution in [2.75, 3.05) is 19.8 Å². The lowest BCUT2D eigenvalue weighted by molar-refractivity contribution is 0.0715. The van der Waals surface area contributed by atoms with E-state index in [0.717, 1.165) is 28.0 Å². The summed E-state index contributed by atoms with van der Waals surface area (Å²) in [5, 5.41) is 0.903. The van der Waals surface area contributed by atoms with Crippen LogP contribution in [0.3, 0.4) is 0 Å². The number of rotatable bonds is 7. The highest BCUT2D eigenvalue weighted by molar-refractivity contribution is 7.98. The number of benzene rings is 1. The van der Waals surface area contributed by atoms with E-state index in [-0.39, 0.29) is 5.91 Å². The van der Waals surface area contributed by atoms with Gasteiger partial charge in [-0.1, -0.05) is 23.9 Å². The van der Waals surface area contributed by atoms with Crippen LogP contribution in [0.4, 0.5) is 0 Å². The molecule has 0 fully saturated rings. The van der Waals surface area contributed by atoms with Gasteiger partial charge in [0.05, 0.1) is 5.75 Å². The van der Waals surface area contributed by atoms with E-state index >= 15 is 0 Å². The average molecular weight is 413 g/mol. The van der Waals surface area contributed by atoms with Crippen LogP contribution in [0.1, 0.15) is 28.8 Å². The van der Waals surface area contributed by atoms with Gasteiger partial charge in [-0.3, -0.25) is 4.79 Å². The fraction of sp³-hybridized carbons (Fsp3) is 0.333. The Morgan fingerprint density at radius 2 is 2.10 bits per heavy atom. The maximum Gasteiger partial charge on any atom is 0.289 e. The molecule has 1 amide bonds. The van der Waals surface area contributed by atoms with Crippen LogP contribution in [-0.2, 0) is 19.3 Å². The minimum absolute atomic E-state index is 0.143.